The Labute approximate surface area is 80.7 Å². The minimum Gasteiger partial charge on any atom is -0.392 e. The molecular weight excluding hydrogens is 172 g/mol. The third-order valence-corrected chi connectivity index (χ3v) is 2.66. The van der Waals surface area contributed by atoms with Gasteiger partial charge in [-0.25, -0.2) is 0 Å². The summed E-state index contributed by atoms with van der Waals surface area (Å²) in [4.78, 5) is 0. The van der Waals surface area contributed by atoms with Gasteiger partial charge in [0.2, 0.25) is 0 Å². The molecule has 0 aromatic carbocycles. The molecule has 0 aliphatic carbocycles. The molecule has 0 saturated carbocycles. The molecule has 1 aliphatic heterocycles. The molecule has 1 heterocycles. The van der Waals surface area contributed by atoms with Crippen molar-refractivity contribution in [3.63, 3.8) is 0 Å². The second kappa shape index (κ2) is 5.84. The SMILES string of the molecule is CC.CC1C[C@H](O)C(S)[C@@H](C)O1. The zero-order valence-corrected chi connectivity index (χ0v) is 9.21. The fourth-order valence-corrected chi connectivity index (χ4v) is 1.49. The molecule has 0 spiro atoms. The van der Waals surface area contributed by atoms with Crippen LogP contribution in [0.4, 0.5) is 0 Å². The second-order valence-corrected chi connectivity index (χ2v) is 3.54. The van der Waals surface area contributed by atoms with Crippen LogP contribution in [0.25, 0.3) is 0 Å². The first kappa shape index (κ1) is 12.3. The molecular formula is C9H20O2S. The summed E-state index contributed by atoms with van der Waals surface area (Å²) in [6.45, 7) is 7.91. The van der Waals surface area contributed by atoms with Crippen LogP contribution in [0.5, 0.6) is 0 Å². The summed E-state index contributed by atoms with van der Waals surface area (Å²) < 4.78 is 5.43. The number of hydrogen-bond donors (Lipinski definition) is 2. The summed E-state index contributed by atoms with van der Waals surface area (Å²) in [6.07, 6.45) is 0.649. The number of ether oxygens (including phenoxy) is 1. The molecule has 0 radical (unpaired) electrons. The molecule has 2 nitrogen and oxygen atoms in total. The lowest BCUT2D eigenvalue weighted by molar-refractivity contribution is -0.0731. The molecule has 1 rings (SSSR count). The summed E-state index contributed by atoms with van der Waals surface area (Å²) in [5, 5.41) is 9.34. The van der Waals surface area contributed by atoms with Crippen molar-refractivity contribution in [2.24, 2.45) is 0 Å². The monoisotopic (exact) mass is 192 g/mol. The van der Waals surface area contributed by atoms with Crippen molar-refractivity contribution in [1.29, 1.82) is 0 Å². The van der Waals surface area contributed by atoms with E-state index in [4.69, 9.17) is 4.74 Å². The average Bonchev–Trinajstić information content (AvgIpc) is 2.04. The van der Waals surface area contributed by atoms with E-state index < -0.39 is 0 Å². The van der Waals surface area contributed by atoms with E-state index in [9.17, 15) is 5.11 Å². The van der Waals surface area contributed by atoms with Gasteiger partial charge in [-0.1, -0.05) is 13.8 Å². The summed E-state index contributed by atoms with van der Waals surface area (Å²) in [5.74, 6) is 0. The molecule has 0 bridgehead atoms. The molecule has 0 aromatic heterocycles. The zero-order chi connectivity index (χ0) is 9.72. The van der Waals surface area contributed by atoms with Gasteiger partial charge in [-0.3, -0.25) is 0 Å². The summed E-state index contributed by atoms with van der Waals surface area (Å²) in [6, 6.07) is 0. The minimum atomic E-state index is -0.304. The van der Waals surface area contributed by atoms with Gasteiger partial charge in [0, 0.05) is 6.42 Å². The Morgan fingerprint density at radius 2 is 1.83 bits per heavy atom. The Morgan fingerprint density at radius 1 is 1.33 bits per heavy atom. The van der Waals surface area contributed by atoms with E-state index in [-0.39, 0.29) is 23.6 Å². The predicted octanol–water partition coefficient (Wildman–Crippen LogP) is 1.87. The maximum absolute atomic E-state index is 9.36. The quantitative estimate of drug-likeness (QED) is 0.574. The van der Waals surface area contributed by atoms with Crippen LogP contribution in [0.2, 0.25) is 0 Å². The first-order valence-electron chi connectivity index (χ1n) is 4.63. The van der Waals surface area contributed by atoms with Gasteiger partial charge in [0.25, 0.3) is 0 Å². The lowest BCUT2D eigenvalue weighted by Crippen LogP contribution is -2.42. The van der Waals surface area contributed by atoms with E-state index in [0.29, 0.717) is 6.42 Å². The van der Waals surface area contributed by atoms with Gasteiger partial charge in [0.1, 0.15) is 0 Å². The predicted molar refractivity (Wildman–Crippen MR) is 54.8 cm³/mol. The highest BCUT2D eigenvalue weighted by atomic mass is 32.1. The van der Waals surface area contributed by atoms with Gasteiger partial charge < -0.3 is 9.84 Å². The molecule has 1 aliphatic rings. The van der Waals surface area contributed by atoms with Crippen molar-refractivity contribution < 1.29 is 9.84 Å². The lowest BCUT2D eigenvalue weighted by Gasteiger charge is -2.34. The molecule has 0 amide bonds. The molecule has 1 N–H and O–H groups in total. The van der Waals surface area contributed by atoms with Crippen molar-refractivity contribution in [2.75, 3.05) is 0 Å². The largest absolute Gasteiger partial charge is 0.392 e. The van der Waals surface area contributed by atoms with E-state index in [2.05, 4.69) is 12.6 Å². The maximum atomic E-state index is 9.36. The van der Waals surface area contributed by atoms with Gasteiger partial charge in [-0.2, -0.15) is 12.6 Å². The fourth-order valence-electron chi connectivity index (χ4n) is 1.29. The van der Waals surface area contributed by atoms with Crippen molar-refractivity contribution in [3.8, 4) is 0 Å². The van der Waals surface area contributed by atoms with Gasteiger partial charge in [0.05, 0.1) is 23.6 Å². The normalized spacial score (nSPS) is 41.5. The van der Waals surface area contributed by atoms with Crippen LogP contribution >= 0.6 is 12.6 Å². The molecule has 74 valence electrons. The van der Waals surface area contributed by atoms with E-state index in [0.717, 1.165) is 0 Å². The van der Waals surface area contributed by atoms with Crippen LogP contribution in [0.1, 0.15) is 34.1 Å². The van der Waals surface area contributed by atoms with Gasteiger partial charge in [0.15, 0.2) is 0 Å². The number of aliphatic hydroxyl groups is 1. The highest BCUT2D eigenvalue weighted by Gasteiger charge is 2.30. The minimum absolute atomic E-state index is 0.0174. The molecule has 0 aromatic rings. The van der Waals surface area contributed by atoms with Crippen LogP contribution in [-0.4, -0.2) is 28.7 Å². The van der Waals surface area contributed by atoms with Crippen molar-refractivity contribution in [1.82, 2.24) is 0 Å². The van der Waals surface area contributed by atoms with Crippen LogP contribution in [0.3, 0.4) is 0 Å². The van der Waals surface area contributed by atoms with Crippen molar-refractivity contribution in [2.45, 2.75) is 57.7 Å². The van der Waals surface area contributed by atoms with Crippen LogP contribution in [0, 0.1) is 0 Å². The number of hydrogen-bond acceptors (Lipinski definition) is 3. The Hall–Kier alpha value is 0.270. The fraction of sp³-hybridized carbons (Fsp3) is 1.00. The maximum Gasteiger partial charge on any atom is 0.0705 e. The van der Waals surface area contributed by atoms with Crippen LogP contribution in [0.15, 0.2) is 0 Å². The van der Waals surface area contributed by atoms with Crippen LogP contribution < -0.4 is 0 Å². The van der Waals surface area contributed by atoms with Gasteiger partial charge in [-0.05, 0) is 13.8 Å². The summed E-state index contributed by atoms with van der Waals surface area (Å²) >= 11 is 4.22. The highest BCUT2D eigenvalue weighted by Crippen LogP contribution is 2.23. The van der Waals surface area contributed by atoms with E-state index in [1.807, 2.05) is 27.7 Å². The molecule has 2 unspecified atom stereocenters. The average molecular weight is 192 g/mol. The number of rotatable bonds is 0. The van der Waals surface area contributed by atoms with E-state index in [1.54, 1.807) is 0 Å². The van der Waals surface area contributed by atoms with Crippen molar-refractivity contribution in [3.05, 3.63) is 0 Å². The first-order chi connectivity index (χ1) is 5.61. The lowest BCUT2D eigenvalue weighted by atomic mass is 10.0. The number of aliphatic hydroxyl groups excluding tert-OH is 1. The smallest absolute Gasteiger partial charge is 0.0705 e. The Balaban J connectivity index is 0.000000561. The topological polar surface area (TPSA) is 29.5 Å². The van der Waals surface area contributed by atoms with E-state index >= 15 is 0 Å². The standard InChI is InChI=1S/C7H14O2S.C2H6/c1-4-3-6(8)7(10)5(2)9-4;1-2/h4-8,10H,3H2,1-2H3;1-2H3/t4?,5-,6+,7?;/m1./s1. The molecule has 1 saturated heterocycles. The summed E-state index contributed by atoms with van der Waals surface area (Å²) in [5.41, 5.74) is 0. The first-order valence-corrected chi connectivity index (χ1v) is 5.14. The Bertz CT molecular complexity index is 107. The Morgan fingerprint density at radius 3 is 2.25 bits per heavy atom. The van der Waals surface area contributed by atoms with Crippen molar-refractivity contribution >= 4 is 12.6 Å². The molecule has 4 atom stereocenters. The van der Waals surface area contributed by atoms with Gasteiger partial charge >= 0.3 is 0 Å². The molecule has 12 heavy (non-hydrogen) atoms. The van der Waals surface area contributed by atoms with Crippen LogP contribution in [-0.2, 0) is 4.74 Å². The highest BCUT2D eigenvalue weighted by molar-refractivity contribution is 7.81. The third-order valence-electron chi connectivity index (χ3n) is 1.90. The molecule has 3 heteroatoms. The van der Waals surface area contributed by atoms with Gasteiger partial charge in [-0.15, -0.1) is 0 Å². The summed E-state index contributed by atoms with van der Waals surface area (Å²) in [7, 11) is 0. The molecule has 1 fully saturated rings. The third kappa shape index (κ3) is 3.33. The zero-order valence-electron chi connectivity index (χ0n) is 8.32. The number of thiol groups is 1. The van der Waals surface area contributed by atoms with E-state index in [1.165, 1.54) is 0 Å². The Kier molecular flexibility index (Phi) is 5.97. The second-order valence-electron chi connectivity index (χ2n) is 2.95.